The minimum absolute atomic E-state index is 0.00495. The molecule has 1 rings (SSSR count). The first-order valence-corrected chi connectivity index (χ1v) is 5.85. The fourth-order valence-corrected chi connectivity index (χ4v) is 2.39. The van der Waals surface area contributed by atoms with Crippen LogP contribution in [0.5, 0.6) is 0 Å². The lowest BCUT2D eigenvalue weighted by atomic mass is 9.83. The van der Waals surface area contributed by atoms with Crippen molar-refractivity contribution in [2.75, 3.05) is 7.11 Å². The van der Waals surface area contributed by atoms with Gasteiger partial charge in [-0.05, 0) is 18.8 Å². The molecule has 0 spiro atoms. The molecule has 0 radical (unpaired) electrons. The third-order valence-electron chi connectivity index (χ3n) is 3.39. The Morgan fingerprint density at radius 2 is 2.00 bits per heavy atom. The number of ether oxygens (including phenoxy) is 1. The maximum atomic E-state index is 11.5. The first-order valence-electron chi connectivity index (χ1n) is 5.85. The molecule has 0 saturated heterocycles. The number of esters is 1. The summed E-state index contributed by atoms with van der Waals surface area (Å²) >= 11 is 0. The van der Waals surface area contributed by atoms with Crippen molar-refractivity contribution in [1.29, 1.82) is 0 Å². The van der Waals surface area contributed by atoms with Crippen molar-refractivity contribution < 1.29 is 9.53 Å². The molecule has 1 saturated carbocycles. The van der Waals surface area contributed by atoms with Crippen LogP contribution < -0.4 is 0 Å². The van der Waals surface area contributed by atoms with Gasteiger partial charge in [-0.3, -0.25) is 4.79 Å². The molecule has 1 aliphatic rings. The van der Waals surface area contributed by atoms with E-state index in [1.54, 1.807) is 0 Å². The molecule has 2 atom stereocenters. The van der Waals surface area contributed by atoms with Gasteiger partial charge in [0.25, 0.3) is 0 Å². The molecule has 0 aromatic heterocycles. The minimum Gasteiger partial charge on any atom is -0.469 e. The van der Waals surface area contributed by atoms with Crippen molar-refractivity contribution in [3.05, 3.63) is 0 Å². The van der Waals surface area contributed by atoms with Crippen LogP contribution in [0.2, 0.25) is 0 Å². The molecule has 14 heavy (non-hydrogen) atoms. The van der Waals surface area contributed by atoms with Crippen molar-refractivity contribution in [3.63, 3.8) is 0 Å². The van der Waals surface area contributed by atoms with Crippen molar-refractivity contribution in [2.24, 2.45) is 11.8 Å². The van der Waals surface area contributed by atoms with Crippen LogP contribution in [-0.2, 0) is 9.53 Å². The van der Waals surface area contributed by atoms with Gasteiger partial charge in [-0.1, -0.05) is 39.0 Å². The highest BCUT2D eigenvalue weighted by molar-refractivity contribution is 5.72. The second-order valence-corrected chi connectivity index (χ2v) is 4.37. The van der Waals surface area contributed by atoms with Crippen molar-refractivity contribution >= 4 is 5.97 Å². The van der Waals surface area contributed by atoms with Crippen LogP contribution in [0, 0.1) is 11.8 Å². The van der Waals surface area contributed by atoms with Crippen molar-refractivity contribution in [3.8, 4) is 0 Å². The van der Waals surface area contributed by atoms with Gasteiger partial charge in [0.05, 0.1) is 13.0 Å². The summed E-state index contributed by atoms with van der Waals surface area (Å²) in [4.78, 5) is 11.5. The topological polar surface area (TPSA) is 26.3 Å². The quantitative estimate of drug-likeness (QED) is 0.637. The average molecular weight is 198 g/mol. The summed E-state index contributed by atoms with van der Waals surface area (Å²) in [5.74, 6) is 0.912. The second kappa shape index (κ2) is 6.05. The van der Waals surface area contributed by atoms with Gasteiger partial charge in [0.15, 0.2) is 0 Å². The van der Waals surface area contributed by atoms with Crippen LogP contribution in [-0.4, -0.2) is 13.1 Å². The maximum absolute atomic E-state index is 11.5. The Labute approximate surface area is 87.0 Å². The SMILES string of the molecule is CCC1CCCCCC(C(=O)OC)C1. The van der Waals surface area contributed by atoms with E-state index in [9.17, 15) is 4.79 Å². The Morgan fingerprint density at radius 1 is 1.29 bits per heavy atom. The Bertz CT molecular complexity index is 177. The molecule has 0 heterocycles. The lowest BCUT2D eigenvalue weighted by Crippen LogP contribution is -2.21. The second-order valence-electron chi connectivity index (χ2n) is 4.37. The van der Waals surface area contributed by atoms with Crippen LogP contribution in [0.1, 0.15) is 51.9 Å². The number of carbonyl (C=O) groups excluding carboxylic acids is 1. The van der Waals surface area contributed by atoms with E-state index in [1.165, 1.54) is 39.2 Å². The van der Waals surface area contributed by atoms with E-state index >= 15 is 0 Å². The normalized spacial score (nSPS) is 29.0. The first-order chi connectivity index (χ1) is 6.77. The molecule has 1 aliphatic carbocycles. The number of carbonyl (C=O) groups is 1. The third kappa shape index (κ3) is 3.32. The van der Waals surface area contributed by atoms with E-state index in [4.69, 9.17) is 4.74 Å². The van der Waals surface area contributed by atoms with Crippen molar-refractivity contribution in [1.82, 2.24) is 0 Å². The maximum Gasteiger partial charge on any atom is 0.308 e. The van der Waals surface area contributed by atoms with Gasteiger partial charge in [0.1, 0.15) is 0 Å². The van der Waals surface area contributed by atoms with E-state index in [-0.39, 0.29) is 11.9 Å². The largest absolute Gasteiger partial charge is 0.469 e. The predicted molar refractivity (Wildman–Crippen MR) is 57.0 cm³/mol. The number of hydrogen-bond donors (Lipinski definition) is 0. The molecule has 2 nitrogen and oxygen atoms in total. The summed E-state index contributed by atoms with van der Waals surface area (Å²) in [6.45, 7) is 2.22. The predicted octanol–water partition coefficient (Wildman–Crippen LogP) is 3.16. The first kappa shape index (κ1) is 11.5. The molecule has 2 heteroatoms. The highest BCUT2D eigenvalue weighted by atomic mass is 16.5. The Hall–Kier alpha value is -0.530. The molecule has 0 bridgehead atoms. The Balaban J connectivity index is 2.49. The monoisotopic (exact) mass is 198 g/mol. The zero-order chi connectivity index (χ0) is 10.4. The number of hydrogen-bond acceptors (Lipinski definition) is 2. The fraction of sp³-hybridized carbons (Fsp3) is 0.917. The molecule has 0 N–H and O–H groups in total. The lowest BCUT2D eigenvalue weighted by molar-refractivity contribution is -0.146. The molecular weight excluding hydrogens is 176 g/mol. The lowest BCUT2D eigenvalue weighted by Gasteiger charge is -2.23. The zero-order valence-electron chi connectivity index (χ0n) is 9.42. The van der Waals surface area contributed by atoms with E-state index in [0.29, 0.717) is 0 Å². The molecule has 0 aromatic carbocycles. The highest BCUT2D eigenvalue weighted by Gasteiger charge is 2.24. The van der Waals surface area contributed by atoms with Gasteiger partial charge < -0.3 is 4.74 Å². The smallest absolute Gasteiger partial charge is 0.308 e. The molecule has 0 aromatic rings. The van der Waals surface area contributed by atoms with Crippen LogP contribution in [0.25, 0.3) is 0 Å². The Kier molecular flexibility index (Phi) is 4.99. The van der Waals surface area contributed by atoms with E-state index in [1.807, 2.05) is 0 Å². The highest BCUT2D eigenvalue weighted by Crippen LogP contribution is 2.29. The summed E-state index contributed by atoms with van der Waals surface area (Å²) in [7, 11) is 1.50. The fourth-order valence-electron chi connectivity index (χ4n) is 2.39. The van der Waals surface area contributed by atoms with Crippen LogP contribution in [0.15, 0.2) is 0 Å². The van der Waals surface area contributed by atoms with E-state index < -0.39 is 0 Å². The summed E-state index contributed by atoms with van der Waals surface area (Å²) in [6, 6.07) is 0. The Morgan fingerprint density at radius 3 is 2.64 bits per heavy atom. The van der Waals surface area contributed by atoms with Gasteiger partial charge in [-0.2, -0.15) is 0 Å². The number of methoxy groups -OCH3 is 1. The summed E-state index contributed by atoms with van der Waals surface area (Å²) < 4.78 is 4.84. The van der Waals surface area contributed by atoms with Crippen LogP contribution in [0.3, 0.4) is 0 Å². The molecule has 1 fully saturated rings. The zero-order valence-corrected chi connectivity index (χ0v) is 9.42. The van der Waals surface area contributed by atoms with E-state index in [2.05, 4.69) is 6.92 Å². The van der Waals surface area contributed by atoms with Crippen molar-refractivity contribution in [2.45, 2.75) is 51.9 Å². The van der Waals surface area contributed by atoms with Gasteiger partial charge >= 0.3 is 5.97 Å². The molecule has 82 valence electrons. The van der Waals surface area contributed by atoms with Gasteiger partial charge in [0, 0.05) is 0 Å². The van der Waals surface area contributed by atoms with Gasteiger partial charge in [-0.15, -0.1) is 0 Å². The van der Waals surface area contributed by atoms with Gasteiger partial charge in [0.2, 0.25) is 0 Å². The van der Waals surface area contributed by atoms with E-state index in [0.717, 1.165) is 18.8 Å². The average Bonchev–Trinajstić information content (AvgIpc) is 2.17. The number of rotatable bonds is 2. The van der Waals surface area contributed by atoms with Gasteiger partial charge in [-0.25, -0.2) is 0 Å². The molecule has 0 amide bonds. The summed E-state index contributed by atoms with van der Waals surface area (Å²) in [6.07, 6.45) is 8.39. The standard InChI is InChI=1S/C12H22O2/c1-3-10-7-5-4-6-8-11(9-10)12(13)14-2/h10-11H,3-9H2,1-2H3. The third-order valence-corrected chi connectivity index (χ3v) is 3.39. The van der Waals surface area contributed by atoms with Crippen LogP contribution >= 0.6 is 0 Å². The molecule has 2 unspecified atom stereocenters. The summed E-state index contributed by atoms with van der Waals surface area (Å²) in [5, 5.41) is 0. The summed E-state index contributed by atoms with van der Waals surface area (Å²) in [5.41, 5.74) is 0. The molecule has 0 aliphatic heterocycles. The molecular formula is C12H22O2. The van der Waals surface area contributed by atoms with Crippen LogP contribution in [0.4, 0.5) is 0 Å². The minimum atomic E-state index is 0.00495.